The molecule has 108 valence electrons. The van der Waals surface area contributed by atoms with Gasteiger partial charge in [0.1, 0.15) is 18.5 Å². The number of benzene rings is 1. The number of aliphatic hydroxyl groups excluding tert-OH is 1. The molecule has 1 aromatic carbocycles. The Morgan fingerprint density at radius 1 is 1.45 bits per heavy atom. The van der Waals surface area contributed by atoms with Gasteiger partial charge in [0, 0.05) is 7.05 Å². The van der Waals surface area contributed by atoms with Crippen molar-refractivity contribution in [2.45, 2.75) is 18.6 Å². The van der Waals surface area contributed by atoms with Crippen molar-refractivity contribution in [1.82, 2.24) is 4.90 Å². The van der Waals surface area contributed by atoms with Crippen LogP contribution in [0.5, 0.6) is 5.75 Å². The average molecular weight is 275 g/mol. The van der Waals surface area contributed by atoms with Gasteiger partial charge in [-0.1, -0.05) is 24.8 Å². The molecule has 1 aromatic rings. The van der Waals surface area contributed by atoms with E-state index in [0.29, 0.717) is 6.61 Å². The highest BCUT2D eigenvalue weighted by Crippen LogP contribution is 2.31. The fourth-order valence-corrected chi connectivity index (χ4v) is 2.39. The van der Waals surface area contributed by atoms with Crippen LogP contribution in [0.15, 0.2) is 49.4 Å². The minimum absolute atomic E-state index is 0.0164. The Morgan fingerprint density at radius 3 is 2.75 bits per heavy atom. The van der Waals surface area contributed by atoms with E-state index >= 15 is 0 Å². The van der Waals surface area contributed by atoms with Crippen LogP contribution in [0.2, 0.25) is 0 Å². The van der Waals surface area contributed by atoms with Crippen molar-refractivity contribution in [3.8, 4) is 5.75 Å². The zero-order chi connectivity index (χ0) is 14.4. The van der Waals surface area contributed by atoms with Crippen LogP contribution < -0.4 is 4.74 Å². The SMILES string of the molecule is C=COC(c1ccc(OCCO)cc1)C1CC=CN1C. The van der Waals surface area contributed by atoms with E-state index in [2.05, 4.69) is 23.8 Å². The summed E-state index contributed by atoms with van der Waals surface area (Å²) in [7, 11) is 2.05. The van der Waals surface area contributed by atoms with Gasteiger partial charge < -0.3 is 19.5 Å². The lowest BCUT2D eigenvalue weighted by atomic mass is 10.00. The first kappa shape index (κ1) is 14.5. The third-order valence-electron chi connectivity index (χ3n) is 3.40. The van der Waals surface area contributed by atoms with Gasteiger partial charge in [-0.15, -0.1) is 0 Å². The van der Waals surface area contributed by atoms with Gasteiger partial charge >= 0.3 is 0 Å². The van der Waals surface area contributed by atoms with Crippen molar-refractivity contribution in [3.63, 3.8) is 0 Å². The average Bonchev–Trinajstić information content (AvgIpc) is 2.89. The predicted octanol–water partition coefficient (Wildman–Crippen LogP) is 2.48. The molecule has 1 heterocycles. The van der Waals surface area contributed by atoms with Gasteiger partial charge in [0.15, 0.2) is 0 Å². The van der Waals surface area contributed by atoms with Crippen LogP contribution in [-0.4, -0.2) is 36.3 Å². The number of nitrogens with zero attached hydrogens (tertiary/aromatic N) is 1. The van der Waals surface area contributed by atoms with E-state index in [1.807, 2.05) is 31.3 Å². The van der Waals surface area contributed by atoms with Gasteiger partial charge in [-0.25, -0.2) is 0 Å². The maximum absolute atomic E-state index is 8.74. The molecule has 0 spiro atoms. The first-order valence-electron chi connectivity index (χ1n) is 6.75. The minimum atomic E-state index is -0.0561. The molecule has 0 fully saturated rings. The van der Waals surface area contributed by atoms with Gasteiger partial charge in [-0.3, -0.25) is 0 Å². The number of likely N-dealkylation sites (N-methyl/N-ethyl adjacent to an activating group) is 1. The molecule has 2 rings (SSSR count). The molecule has 0 bridgehead atoms. The van der Waals surface area contributed by atoms with Crippen LogP contribution in [0.25, 0.3) is 0 Å². The number of rotatable bonds is 7. The molecule has 0 radical (unpaired) electrons. The van der Waals surface area contributed by atoms with E-state index in [1.165, 1.54) is 6.26 Å². The molecule has 20 heavy (non-hydrogen) atoms. The van der Waals surface area contributed by atoms with Crippen LogP contribution in [-0.2, 0) is 4.74 Å². The molecule has 0 aliphatic carbocycles. The number of hydrogen-bond acceptors (Lipinski definition) is 4. The van der Waals surface area contributed by atoms with E-state index in [1.54, 1.807) is 0 Å². The maximum Gasteiger partial charge on any atom is 0.143 e. The van der Waals surface area contributed by atoms with Crippen LogP contribution in [0, 0.1) is 0 Å². The molecule has 1 aliphatic rings. The zero-order valence-electron chi connectivity index (χ0n) is 11.7. The molecule has 2 unspecified atom stereocenters. The summed E-state index contributed by atoms with van der Waals surface area (Å²) >= 11 is 0. The Labute approximate surface area is 119 Å². The Kier molecular flexibility index (Phi) is 5.07. The number of hydrogen-bond donors (Lipinski definition) is 1. The first-order chi connectivity index (χ1) is 9.76. The first-order valence-corrected chi connectivity index (χ1v) is 6.75. The zero-order valence-corrected chi connectivity index (χ0v) is 11.7. The van der Waals surface area contributed by atoms with Gasteiger partial charge in [-0.2, -0.15) is 0 Å². The lowest BCUT2D eigenvalue weighted by Crippen LogP contribution is -2.30. The highest BCUT2D eigenvalue weighted by molar-refractivity contribution is 5.30. The van der Waals surface area contributed by atoms with Crippen LogP contribution in [0.3, 0.4) is 0 Å². The van der Waals surface area contributed by atoms with Gasteiger partial charge in [0.05, 0.1) is 18.9 Å². The van der Waals surface area contributed by atoms with E-state index < -0.39 is 0 Å². The molecule has 0 saturated heterocycles. The highest BCUT2D eigenvalue weighted by Gasteiger charge is 2.28. The molecular weight excluding hydrogens is 254 g/mol. The van der Waals surface area contributed by atoms with E-state index in [-0.39, 0.29) is 18.8 Å². The van der Waals surface area contributed by atoms with Crippen molar-refractivity contribution < 1.29 is 14.6 Å². The molecule has 0 saturated carbocycles. The molecule has 2 atom stereocenters. The second-order valence-corrected chi connectivity index (χ2v) is 4.72. The van der Waals surface area contributed by atoms with Gasteiger partial charge in [0.2, 0.25) is 0 Å². The maximum atomic E-state index is 8.74. The van der Waals surface area contributed by atoms with Crippen molar-refractivity contribution in [1.29, 1.82) is 0 Å². The van der Waals surface area contributed by atoms with Crippen molar-refractivity contribution in [2.24, 2.45) is 0 Å². The second-order valence-electron chi connectivity index (χ2n) is 4.72. The Hall–Kier alpha value is -1.94. The smallest absolute Gasteiger partial charge is 0.143 e. The summed E-state index contributed by atoms with van der Waals surface area (Å²) < 4.78 is 11.1. The molecule has 0 aromatic heterocycles. The van der Waals surface area contributed by atoms with E-state index in [9.17, 15) is 0 Å². The third kappa shape index (κ3) is 3.33. The van der Waals surface area contributed by atoms with Crippen LogP contribution in [0.4, 0.5) is 0 Å². The number of ether oxygens (including phenoxy) is 2. The minimum Gasteiger partial charge on any atom is -0.492 e. The summed E-state index contributed by atoms with van der Waals surface area (Å²) in [5.41, 5.74) is 1.08. The van der Waals surface area contributed by atoms with E-state index in [0.717, 1.165) is 17.7 Å². The van der Waals surface area contributed by atoms with Gasteiger partial charge in [-0.05, 0) is 30.3 Å². The van der Waals surface area contributed by atoms with E-state index in [4.69, 9.17) is 14.6 Å². The van der Waals surface area contributed by atoms with Gasteiger partial charge in [0.25, 0.3) is 0 Å². The third-order valence-corrected chi connectivity index (χ3v) is 3.40. The summed E-state index contributed by atoms with van der Waals surface area (Å²) in [5.74, 6) is 0.748. The lowest BCUT2D eigenvalue weighted by Gasteiger charge is -2.29. The largest absolute Gasteiger partial charge is 0.492 e. The normalized spacial score (nSPS) is 18.9. The predicted molar refractivity (Wildman–Crippen MR) is 78.4 cm³/mol. The fraction of sp³-hybridized carbons (Fsp3) is 0.375. The van der Waals surface area contributed by atoms with Crippen molar-refractivity contribution in [3.05, 3.63) is 54.9 Å². The summed E-state index contributed by atoms with van der Waals surface area (Å²) in [6.07, 6.45) is 6.61. The number of aliphatic hydroxyl groups is 1. The van der Waals surface area contributed by atoms with Crippen molar-refractivity contribution >= 4 is 0 Å². The standard InChI is InChI=1S/C16H21NO3/c1-3-19-16(15-5-4-10-17(15)2)13-6-8-14(9-7-13)20-12-11-18/h3-4,6-10,15-16,18H,1,5,11-12H2,2H3. The summed E-state index contributed by atoms with van der Waals surface area (Å²) in [4.78, 5) is 2.16. The highest BCUT2D eigenvalue weighted by atomic mass is 16.5. The van der Waals surface area contributed by atoms with Crippen LogP contribution in [0.1, 0.15) is 18.1 Å². The Balaban J connectivity index is 2.10. The van der Waals surface area contributed by atoms with Crippen LogP contribution >= 0.6 is 0 Å². The molecule has 1 N–H and O–H groups in total. The lowest BCUT2D eigenvalue weighted by molar-refractivity contribution is 0.0754. The Morgan fingerprint density at radius 2 is 2.20 bits per heavy atom. The Bertz CT molecular complexity index is 455. The summed E-state index contributed by atoms with van der Waals surface area (Å²) in [6, 6.07) is 8.05. The molecular formula is C16H21NO3. The monoisotopic (exact) mass is 275 g/mol. The van der Waals surface area contributed by atoms with Crippen molar-refractivity contribution in [2.75, 3.05) is 20.3 Å². The molecule has 4 heteroatoms. The molecule has 4 nitrogen and oxygen atoms in total. The fourth-order valence-electron chi connectivity index (χ4n) is 2.39. The summed E-state index contributed by atoms with van der Waals surface area (Å²) in [6.45, 7) is 3.99. The molecule has 0 amide bonds. The quantitative estimate of drug-likeness (QED) is 0.776. The second kappa shape index (κ2) is 7.01. The summed E-state index contributed by atoms with van der Waals surface area (Å²) in [5, 5.41) is 8.74. The topological polar surface area (TPSA) is 41.9 Å². The molecule has 1 aliphatic heterocycles.